The molecule has 0 aromatic heterocycles. The third kappa shape index (κ3) is 6.30. The highest BCUT2D eigenvalue weighted by Gasteiger charge is 2.62. The fourth-order valence-corrected chi connectivity index (χ4v) is 15.9. The highest BCUT2D eigenvalue weighted by molar-refractivity contribution is 6.99. The Morgan fingerprint density at radius 2 is 1.57 bits per heavy atom. The summed E-state index contributed by atoms with van der Waals surface area (Å²) in [5.74, 6) is 1.27. The molecule has 264 valence electrons. The second-order valence-electron chi connectivity index (χ2n) is 17.1. The Hall–Kier alpha value is -2.96. The molecule has 0 bridgehead atoms. The molecule has 0 saturated heterocycles. The number of ether oxygens (including phenoxy) is 2. The quantitative estimate of drug-likeness (QED) is 0.121. The fourth-order valence-electron chi connectivity index (χ4n) is 11.1. The fraction of sp³-hybridized carbons (Fsp3) is 0.581. The molecule has 2 aromatic rings. The van der Waals surface area contributed by atoms with E-state index < -0.39 is 8.32 Å². The van der Waals surface area contributed by atoms with Crippen LogP contribution in [0.1, 0.15) is 93.4 Å². The Balaban J connectivity index is 1.30. The summed E-state index contributed by atoms with van der Waals surface area (Å²) in [5.41, 5.74) is 1.68. The highest BCUT2D eigenvalue weighted by atomic mass is 28.4. The maximum Gasteiger partial charge on any atom is 0.330 e. The largest absolute Gasteiger partial charge is 0.466 e. The van der Waals surface area contributed by atoms with Gasteiger partial charge in [-0.1, -0.05) is 120 Å². The summed E-state index contributed by atoms with van der Waals surface area (Å²) in [4.78, 5) is 24.6. The van der Waals surface area contributed by atoms with Crippen molar-refractivity contribution < 1.29 is 23.5 Å². The first-order chi connectivity index (χ1) is 23.2. The number of fused-ring (bicyclic) bond motifs is 5. The van der Waals surface area contributed by atoms with Crippen LogP contribution in [0.4, 0.5) is 0 Å². The van der Waals surface area contributed by atoms with Crippen LogP contribution in [0.5, 0.6) is 0 Å². The van der Waals surface area contributed by atoms with E-state index in [0.29, 0.717) is 17.8 Å². The summed E-state index contributed by atoms with van der Waals surface area (Å²) in [7, 11) is -1.26. The van der Waals surface area contributed by atoms with E-state index in [1.165, 1.54) is 23.1 Å². The number of allylic oxidation sites excluding steroid dienone is 2. The summed E-state index contributed by atoms with van der Waals surface area (Å²) in [6.45, 7) is 15.9. The van der Waals surface area contributed by atoms with Crippen molar-refractivity contribution in [3.05, 3.63) is 84.5 Å². The van der Waals surface area contributed by atoms with Crippen molar-refractivity contribution in [2.75, 3.05) is 7.11 Å². The summed E-state index contributed by atoms with van der Waals surface area (Å²) in [6, 6.07) is 22.0. The van der Waals surface area contributed by atoms with Gasteiger partial charge >= 0.3 is 11.9 Å². The zero-order valence-electron chi connectivity index (χ0n) is 31.0. The molecule has 0 heterocycles. The van der Waals surface area contributed by atoms with Crippen molar-refractivity contribution in [3.8, 4) is 0 Å². The predicted molar refractivity (Wildman–Crippen MR) is 199 cm³/mol. The number of carbonyl (C=O) groups is 2. The summed E-state index contributed by atoms with van der Waals surface area (Å²) in [5, 5.41) is 2.58. The minimum absolute atomic E-state index is 0.0201. The Morgan fingerprint density at radius 3 is 2.14 bits per heavy atom. The minimum Gasteiger partial charge on any atom is -0.466 e. The number of methoxy groups -OCH3 is 1. The monoisotopic (exact) mass is 682 g/mol. The first kappa shape index (κ1) is 35.8. The number of hydrogen-bond donors (Lipinski definition) is 0. The molecule has 5 nitrogen and oxygen atoms in total. The van der Waals surface area contributed by atoms with E-state index in [0.717, 1.165) is 44.9 Å². The SMILES string of the molecule is COC(=O)/C=C/[C@@H](C)[C@H]1CC=C2[C@@H]3[C@H](OC(C)=O)C[C@@H]4C[C@H](O[Si](c5ccccc5)(c5ccccc5)C(C)(C)C)CC[C@]4(C)[C@H]3CC[C@@]21C. The first-order valence-electron chi connectivity index (χ1n) is 18.7. The van der Waals surface area contributed by atoms with E-state index in [9.17, 15) is 9.59 Å². The lowest BCUT2D eigenvalue weighted by Gasteiger charge is -2.62. The van der Waals surface area contributed by atoms with Crippen LogP contribution in [0.25, 0.3) is 0 Å². The summed E-state index contributed by atoms with van der Waals surface area (Å²) >= 11 is 0. The molecule has 0 amide bonds. The Kier molecular flexibility index (Phi) is 9.97. The molecule has 0 unspecified atom stereocenters. The zero-order chi connectivity index (χ0) is 35.2. The Morgan fingerprint density at radius 1 is 0.939 bits per heavy atom. The van der Waals surface area contributed by atoms with E-state index in [-0.39, 0.29) is 51.9 Å². The number of esters is 2. The maximum absolute atomic E-state index is 12.7. The lowest BCUT2D eigenvalue weighted by Crippen LogP contribution is -2.68. The van der Waals surface area contributed by atoms with Crippen molar-refractivity contribution in [2.24, 2.45) is 40.4 Å². The van der Waals surface area contributed by atoms with Gasteiger partial charge in [-0.2, -0.15) is 0 Å². The minimum atomic E-state index is -2.69. The number of hydrogen-bond acceptors (Lipinski definition) is 5. The standard InChI is InChI=1S/C43H58O5Si/c1-29(19-22-39(45)46-8)35-20-21-36-40-37(24-26-43(35,36)7)42(6)25-23-32(27-31(42)28-38(40)47-30(2)44)48-49(41(3,4)5,33-15-11-9-12-16-33)34-17-13-10-14-18-34/h9-19,21-22,29,31-32,35,37-38,40H,20,23-28H2,1-8H3/b22-19+/t29-,31+,32-,35-,37+,38-,40+,42+,43-/m1/s1. The van der Waals surface area contributed by atoms with Gasteiger partial charge in [-0.05, 0) is 94.9 Å². The van der Waals surface area contributed by atoms with Crippen molar-refractivity contribution in [1.29, 1.82) is 0 Å². The van der Waals surface area contributed by atoms with E-state index in [4.69, 9.17) is 13.9 Å². The molecule has 6 heteroatoms. The van der Waals surface area contributed by atoms with Crippen molar-refractivity contribution in [1.82, 2.24) is 0 Å². The number of rotatable bonds is 8. The van der Waals surface area contributed by atoms with Crippen molar-refractivity contribution in [2.45, 2.75) is 111 Å². The van der Waals surface area contributed by atoms with E-state index in [1.807, 2.05) is 6.08 Å². The van der Waals surface area contributed by atoms with Gasteiger partial charge in [-0.15, -0.1) is 0 Å². The normalized spacial score (nSPS) is 33.5. The van der Waals surface area contributed by atoms with Gasteiger partial charge in [0.1, 0.15) is 6.10 Å². The molecule has 0 aliphatic heterocycles. The van der Waals surface area contributed by atoms with E-state index >= 15 is 0 Å². The Labute approximate surface area is 296 Å². The van der Waals surface area contributed by atoms with Crippen LogP contribution in [-0.4, -0.2) is 39.6 Å². The van der Waals surface area contributed by atoms with Gasteiger partial charge in [0.15, 0.2) is 0 Å². The lowest BCUT2D eigenvalue weighted by atomic mass is 9.45. The zero-order valence-corrected chi connectivity index (χ0v) is 32.0. The van der Waals surface area contributed by atoms with Gasteiger partial charge in [0, 0.05) is 25.0 Å². The molecular weight excluding hydrogens is 625 g/mol. The molecular formula is C43H58O5Si. The molecule has 4 aliphatic carbocycles. The van der Waals surface area contributed by atoms with E-state index in [1.54, 1.807) is 13.0 Å². The van der Waals surface area contributed by atoms with E-state index in [2.05, 4.69) is 108 Å². The average molecular weight is 683 g/mol. The third-order valence-corrected chi connectivity index (χ3v) is 18.6. The van der Waals surface area contributed by atoms with Gasteiger partial charge < -0.3 is 13.9 Å². The molecule has 2 aromatic carbocycles. The Bertz CT molecular complexity index is 1520. The highest BCUT2D eigenvalue weighted by Crippen LogP contribution is 2.67. The molecule has 3 saturated carbocycles. The van der Waals surface area contributed by atoms with Crippen LogP contribution >= 0.6 is 0 Å². The van der Waals surface area contributed by atoms with Gasteiger partial charge in [0.05, 0.1) is 7.11 Å². The molecule has 0 N–H and O–H groups in total. The van der Waals surface area contributed by atoms with Crippen LogP contribution in [0.15, 0.2) is 84.5 Å². The summed E-state index contributed by atoms with van der Waals surface area (Å²) < 4.78 is 18.9. The molecule has 0 radical (unpaired) electrons. The van der Waals surface area contributed by atoms with Gasteiger partial charge in [-0.25, -0.2) is 4.79 Å². The molecule has 6 rings (SSSR count). The van der Waals surface area contributed by atoms with Crippen LogP contribution < -0.4 is 10.4 Å². The van der Waals surface area contributed by atoms with Gasteiger partial charge in [-0.3, -0.25) is 4.79 Å². The second-order valence-corrected chi connectivity index (χ2v) is 21.3. The summed E-state index contributed by atoms with van der Waals surface area (Å²) in [6.07, 6.45) is 13.4. The van der Waals surface area contributed by atoms with Crippen LogP contribution in [-0.2, 0) is 23.5 Å². The molecule has 49 heavy (non-hydrogen) atoms. The first-order valence-corrected chi connectivity index (χ1v) is 20.6. The van der Waals surface area contributed by atoms with Crippen LogP contribution in [0.3, 0.4) is 0 Å². The smallest absolute Gasteiger partial charge is 0.330 e. The van der Waals surface area contributed by atoms with Crippen molar-refractivity contribution >= 4 is 30.6 Å². The lowest BCUT2D eigenvalue weighted by molar-refractivity contribution is -0.170. The molecule has 3 fully saturated rings. The predicted octanol–water partition coefficient (Wildman–Crippen LogP) is 8.42. The second kappa shape index (κ2) is 13.6. The third-order valence-electron chi connectivity index (χ3n) is 13.5. The van der Waals surface area contributed by atoms with Crippen LogP contribution in [0, 0.1) is 40.4 Å². The maximum atomic E-state index is 12.7. The molecule has 0 spiro atoms. The van der Waals surface area contributed by atoms with Crippen molar-refractivity contribution in [3.63, 3.8) is 0 Å². The topological polar surface area (TPSA) is 61.8 Å². The number of carbonyl (C=O) groups excluding carboxylic acids is 2. The van der Waals surface area contributed by atoms with Gasteiger partial charge in [0.25, 0.3) is 8.32 Å². The molecule has 4 aliphatic rings. The van der Waals surface area contributed by atoms with Crippen LogP contribution in [0.2, 0.25) is 5.04 Å². The van der Waals surface area contributed by atoms with Gasteiger partial charge in [0.2, 0.25) is 0 Å². The number of benzene rings is 2. The molecule has 9 atom stereocenters. The average Bonchev–Trinajstić information content (AvgIpc) is 3.43.